The fraction of sp³-hybridized carbons (Fsp3) is 0.318. The van der Waals surface area contributed by atoms with E-state index in [0.29, 0.717) is 10.7 Å². The average Bonchev–Trinajstić information content (AvgIpc) is 3.48. The Kier molecular flexibility index (Phi) is 7.23. The second-order valence-corrected chi connectivity index (χ2v) is 8.19. The second-order valence-electron chi connectivity index (χ2n) is 7.33. The summed E-state index contributed by atoms with van der Waals surface area (Å²) in [6.45, 7) is 3.18. The van der Waals surface area contributed by atoms with E-state index in [1.165, 1.54) is 11.3 Å². The molecule has 10 heteroatoms. The standard InChI is InChI=1S/C22H24BN4O4S/c1-23-27-8-5-16(13-27)21(29)24-12-20(28)26-22-25-19(14-32-22)15-3-2-4-18(11-15)31-17-6-9-30-10-7-17/h2-5,8,11,13-14,17H,6-7,9-10,12H2,1H3,(H,24,29)(H,25,26,28). The van der Waals surface area contributed by atoms with Crippen molar-refractivity contribution in [3.63, 3.8) is 0 Å². The van der Waals surface area contributed by atoms with Crippen LogP contribution in [-0.2, 0) is 9.53 Å². The largest absolute Gasteiger partial charge is 0.490 e. The van der Waals surface area contributed by atoms with Gasteiger partial charge in [-0.3, -0.25) is 9.59 Å². The summed E-state index contributed by atoms with van der Waals surface area (Å²) in [5.74, 6) is 0.157. The van der Waals surface area contributed by atoms with Crippen LogP contribution in [0, 0.1) is 0 Å². The molecule has 4 rings (SSSR count). The van der Waals surface area contributed by atoms with Crippen LogP contribution in [0.2, 0.25) is 6.82 Å². The summed E-state index contributed by atoms with van der Waals surface area (Å²) in [6.07, 6.45) is 5.40. The van der Waals surface area contributed by atoms with E-state index in [0.717, 1.165) is 43.1 Å². The number of hydrogen-bond acceptors (Lipinski definition) is 6. The number of ether oxygens (including phenoxy) is 2. The first-order valence-corrected chi connectivity index (χ1v) is 11.3. The van der Waals surface area contributed by atoms with Crippen LogP contribution >= 0.6 is 11.3 Å². The van der Waals surface area contributed by atoms with Crippen LogP contribution in [-0.4, -0.2) is 54.6 Å². The molecule has 2 amide bonds. The van der Waals surface area contributed by atoms with Gasteiger partial charge in [-0.25, -0.2) is 4.98 Å². The third-order valence-electron chi connectivity index (χ3n) is 5.04. The van der Waals surface area contributed by atoms with E-state index in [4.69, 9.17) is 9.47 Å². The third-order valence-corrected chi connectivity index (χ3v) is 5.79. The normalized spacial score (nSPS) is 14.0. The molecule has 165 valence electrons. The maximum atomic E-state index is 12.2. The van der Waals surface area contributed by atoms with E-state index in [-0.39, 0.29) is 24.5 Å². The molecule has 1 radical (unpaired) electrons. The predicted molar refractivity (Wildman–Crippen MR) is 124 cm³/mol. The minimum Gasteiger partial charge on any atom is -0.490 e. The molecule has 1 saturated heterocycles. The smallest absolute Gasteiger partial charge is 0.253 e. The summed E-state index contributed by atoms with van der Waals surface area (Å²) in [7, 11) is 1.83. The molecular formula is C22H24BN4O4S. The zero-order valence-corrected chi connectivity index (χ0v) is 18.6. The average molecular weight is 451 g/mol. The molecule has 2 aromatic heterocycles. The summed E-state index contributed by atoms with van der Waals surface area (Å²) in [4.78, 5) is 28.9. The highest BCUT2D eigenvalue weighted by Gasteiger charge is 2.16. The topological polar surface area (TPSA) is 94.5 Å². The number of nitrogens with zero attached hydrogens (tertiary/aromatic N) is 2. The monoisotopic (exact) mass is 451 g/mol. The van der Waals surface area contributed by atoms with Crippen molar-refractivity contribution in [1.82, 2.24) is 14.8 Å². The van der Waals surface area contributed by atoms with E-state index >= 15 is 0 Å². The zero-order valence-electron chi connectivity index (χ0n) is 17.7. The molecule has 0 bridgehead atoms. The summed E-state index contributed by atoms with van der Waals surface area (Å²) in [5.41, 5.74) is 2.16. The van der Waals surface area contributed by atoms with Gasteiger partial charge in [-0.2, -0.15) is 0 Å². The molecule has 1 aliphatic heterocycles. The van der Waals surface area contributed by atoms with Gasteiger partial charge in [0.15, 0.2) is 5.13 Å². The van der Waals surface area contributed by atoms with Gasteiger partial charge in [0.25, 0.3) is 5.91 Å². The lowest BCUT2D eigenvalue weighted by molar-refractivity contribution is -0.115. The lowest BCUT2D eigenvalue weighted by atomic mass is 10.0. The van der Waals surface area contributed by atoms with Crippen molar-refractivity contribution in [2.45, 2.75) is 25.8 Å². The molecule has 1 aromatic carbocycles. The lowest BCUT2D eigenvalue weighted by Crippen LogP contribution is -2.32. The molecule has 0 saturated carbocycles. The fourth-order valence-electron chi connectivity index (χ4n) is 3.31. The number of aromatic nitrogens is 2. The van der Waals surface area contributed by atoms with E-state index in [2.05, 4.69) is 15.6 Å². The number of amides is 2. The molecule has 3 aromatic rings. The van der Waals surface area contributed by atoms with Gasteiger partial charge in [0.05, 0.1) is 31.0 Å². The Bertz CT molecular complexity index is 1080. The zero-order chi connectivity index (χ0) is 22.3. The number of carbonyl (C=O) groups excluding carboxylic acids is 2. The first kappa shape index (κ1) is 22.1. The van der Waals surface area contributed by atoms with Crippen LogP contribution in [0.5, 0.6) is 5.75 Å². The van der Waals surface area contributed by atoms with Crippen molar-refractivity contribution in [3.8, 4) is 17.0 Å². The highest BCUT2D eigenvalue weighted by molar-refractivity contribution is 7.14. The number of anilines is 1. The summed E-state index contributed by atoms with van der Waals surface area (Å²) >= 11 is 1.33. The van der Waals surface area contributed by atoms with Gasteiger partial charge in [0.1, 0.15) is 11.9 Å². The van der Waals surface area contributed by atoms with Crippen molar-refractivity contribution >= 4 is 35.7 Å². The molecular weight excluding hydrogens is 427 g/mol. The maximum absolute atomic E-state index is 12.2. The molecule has 2 N–H and O–H groups in total. The summed E-state index contributed by atoms with van der Waals surface area (Å²) < 4.78 is 13.2. The van der Waals surface area contributed by atoms with E-state index < -0.39 is 0 Å². The number of thiazole rings is 1. The summed E-state index contributed by atoms with van der Waals surface area (Å²) in [5, 5.41) is 7.70. The Hall–Kier alpha value is -3.11. The quantitative estimate of drug-likeness (QED) is 0.514. The van der Waals surface area contributed by atoms with E-state index in [1.807, 2.05) is 43.9 Å². The van der Waals surface area contributed by atoms with Crippen LogP contribution in [0.15, 0.2) is 48.1 Å². The molecule has 3 heterocycles. The van der Waals surface area contributed by atoms with Crippen LogP contribution in [0.1, 0.15) is 23.2 Å². The van der Waals surface area contributed by atoms with Gasteiger partial charge < -0.3 is 24.6 Å². The molecule has 0 aliphatic carbocycles. The predicted octanol–water partition coefficient (Wildman–Crippen LogP) is 3.05. The number of benzene rings is 1. The highest BCUT2D eigenvalue weighted by Crippen LogP contribution is 2.28. The van der Waals surface area contributed by atoms with E-state index in [1.54, 1.807) is 22.9 Å². The van der Waals surface area contributed by atoms with Crippen molar-refractivity contribution in [2.24, 2.45) is 0 Å². The van der Waals surface area contributed by atoms with Crippen molar-refractivity contribution in [3.05, 3.63) is 53.7 Å². The molecule has 1 fully saturated rings. The molecule has 0 unspecified atom stereocenters. The van der Waals surface area contributed by atoms with Crippen LogP contribution in [0.4, 0.5) is 5.13 Å². The first-order chi connectivity index (χ1) is 15.6. The molecule has 0 spiro atoms. The third kappa shape index (κ3) is 5.77. The molecule has 0 atom stereocenters. The van der Waals surface area contributed by atoms with Gasteiger partial charge in [0, 0.05) is 30.0 Å². The first-order valence-electron chi connectivity index (χ1n) is 10.5. The minimum absolute atomic E-state index is 0.136. The minimum atomic E-state index is -0.336. The Balaban J connectivity index is 1.31. The highest BCUT2D eigenvalue weighted by atomic mass is 32.1. The van der Waals surface area contributed by atoms with Crippen molar-refractivity contribution < 1.29 is 19.1 Å². The van der Waals surface area contributed by atoms with Gasteiger partial charge in [-0.1, -0.05) is 19.0 Å². The molecule has 8 nitrogen and oxygen atoms in total. The second kappa shape index (κ2) is 10.5. The number of hydrogen-bond donors (Lipinski definition) is 2. The Morgan fingerprint density at radius 1 is 1.31 bits per heavy atom. The summed E-state index contributed by atoms with van der Waals surface area (Å²) in [6, 6.07) is 9.47. The van der Waals surface area contributed by atoms with Gasteiger partial charge in [-0.05, 0) is 24.4 Å². The Labute approximate surface area is 191 Å². The van der Waals surface area contributed by atoms with Crippen LogP contribution in [0.3, 0.4) is 0 Å². The van der Waals surface area contributed by atoms with Crippen LogP contribution < -0.4 is 15.4 Å². The molecule has 32 heavy (non-hydrogen) atoms. The fourth-order valence-corrected chi connectivity index (χ4v) is 4.05. The Morgan fingerprint density at radius 3 is 2.94 bits per heavy atom. The van der Waals surface area contributed by atoms with Gasteiger partial charge in [-0.15, -0.1) is 11.3 Å². The lowest BCUT2D eigenvalue weighted by Gasteiger charge is -2.23. The molecule has 1 aliphatic rings. The maximum Gasteiger partial charge on any atom is 0.253 e. The van der Waals surface area contributed by atoms with Crippen molar-refractivity contribution in [1.29, 1.82) is 0 Å². The van der Waals surface area contributed by atoms with Gasteiger partial charge in [0.2, 0.25) is 13.3 Å². The number of nitrogens with one attached hydrogen (secondary N) is 2. The SMILES string of the molecule is C[B]n1ccc(C(=O)NCC(=O)Nc2nc(-c3cccc(OC4CCOCC4)c3)cs2)c1. The number of rotatable bonds is 8. The van der Waals surface area contributed by atoms with E-state index in [9.17, 15) is 9.59 Å². The Morgan fingerprint density at radius 2 is 2.16 bits per heavy atom. The number of carbonyl (C=O) groups is 2. The van der Waals surface area contributed by atoms with Crippen LogP contribution in [0.25, 0.3) is 11.3 Å². The van der Waals surface area contributed by atoms with Gasteiger partial charge >= 0.3 is 0 Å². The van der Waals surface area contributed by atoms with Crippen molar-refractivity contribution in [2.75, 3.05) is 25.1 Å².